The van der Waals surface area contributed by atoms with Crippen LogP contribution in [0.5, 0.6) is 0 Å². The van der Waals surface area contributed by atoms with Gasteiger partial charge in [0.05, 0.1) is 17.2 Å². The first kappa shape index (κ1) is 13.7. The largest absolute Gasteiger partial charge is 0.387 e. The Morgan fingerprint density at radius 2 is 2.05 bits per heavy atom. The maximum atomic E-state index is 7.58. The van der Waals surface area contributed by atoms with E-state index in [1.807, 2.05) is 0 Å². The third kappa shape index (κ3) is 3.00. The molecule has 1 fully saturated rings. The maximum absolute atomic E-state index is 7.58. The summed E-state index contributed by atoms with van der Waals surface area (Å²) in [6, 6.07) is 0. The molecule has 19 heavy (non-hydrogen) atoms. The molecule has 3 N–H and O–H groups in total. The van der Waals surface area contributed by atoms with Crippen molar-refractivity contribution in [1.29, 1.82) is 5.41 Å². The molecule has 1 atom stereocenters. The second-order valence-corrected chi connectivity index (χ2v) is 4.95. The van der Waals surface area contributed by atoms with E-state index < -0.39 is 0 Å². The van der Waals surface area contributed by atoms with Crippen molar-refractivity contribution < 1.29 is 0 Å². The number of rotatable bonds is 4. The molecule has 0 aliphatic carbocycles. The summed E-state index contributed by atoms with van der Waals surface area (Å²) in [7, 11) is 0. The van der Waals surface area contributed by atoms with E-state index in [9.17, 15) is 0 Å². The number of piperidine rings is 1. The number of anilines is 1. The molecule has 2 rings (SSSR count). The minimum absolute atomic E-state index is 0.119. The smallest absolute Gasteiger partial charge is 0.245 e. The lowest BCUT2D eigenvalue weighted by Crippen LogP contribution is -2.42. The number of aromatic nitrogens is 3. The summed E-state index contributed by atoms with van der Waals surface area (Å²) in [5.74, 6) is 1.06. The Kier molecular flexibility index (Phi) is 4.29. The van der Waals surface area contributed by atoms with Crippen molar-refractivity contribution in [2.45, 2.75) is 39.5 Å². The fourth-order valence-corrected chi connectivity index (χ4v) is 2.47. The lowest BCUT2D eigenvalue weighted by Gasteiger charge is -2.32. The lowest BCUT2D eigenvalue weighted by atomic mass is 9.97. The second-order valence-electron chi connectivity index (χ2n) is 4.95. The van der Waals surface area contributed by atoms with Gasteiger partial charge >= 0.3 is 0 Å². The van der Waals surface area contributed by atoms with Crippen LogP contribution in [0.4, 0.5) is 5.95 Å². The molecule has 1 aromatic heterocycles. The Balaban J connectivity index is 2.19. The number of amidine groups is 1. The molecule has 0 saturated carbocycles. The summed E-state index contributed by atoms with van der Waals surface area (Å²) < 4.78 is 0. The highest BCUT2D eigenvalue weighted by Gasteiger charge is 2.24. The predicted molar refractivity (Wildman–Crippen MR) is 75.4 cm³/mol. The van der Waals surface area contributed by atoms with Crippen LogP contribution in [-0.2, 0) is 12.8 Å². The van der Waals surface area contributed by atoms with Crippen LogP contribution < -0.4 is 10.6 Å². The summed E-state index contributed by atoms with van der Waals surface area (Å²) in [6.45, 7) is 5.80. The maximum Gasteiger partial charge on any atom is 0.245 e. The van der Waals surface area contributed by atoms with E-state index in [0.29, 0.717) is 5.95 Å². The van der Waals surface area contributed by atoms with Crippen molar-refractivity contribution in [3.05, 3.63) is 11.4 Å². The zero-order valence-electron chi connectivity index (χ0n) is 11.7. The normalized spacial score (nSPS) is 19.5. The van der Waals surface area contributed by atoms with E-state index >= 15 is 0 Å². The molecule has 2 heterocycles. The SMILES string of the molecule is CCc1nnc(N2CCCC(C(=N)N)C2)nc1CC. The fourth-order valence-electron chi connectivity index (χ4n) is 2.47. The van der Waals surface area contributed by atoms with Gasteiger partial charge < -0.3 is 10.6 Å². The molecule has 1 aromatic rings. The topological polar surface area (TPSA) is 91.8 Å². The molecule has 1 unspecified atom stereocenters. The van der Waals surface area contributed by atoms with Gasteiger partial charge in [-0.1, -0.05) is 13.8 Å². The zero-order chi connectivity index (χ0) is 13.8. The van der Waals surface area contributed by atoms with Gasteiger partial charge in [0.15, 0.2) is 0 Å². The van der Waals surface area contributed by atoms with Gasteiger partial charge in [0.2, 0.25) is 5.95 Å². The number of hydrogen-bond acceptors (Lipinski definition) is 5. The molecule has 0 amide bonds. The molecule has 0 bridgehead atoms. The first-order valence-corrected chi connectivity index (χ1v) is 6.97. The van der Waals surface area contributed by atoms with Gasteiger partial charge in [-0.25, -0.2) is 4.98 Å². The predicted octanol–water partition coefficient (Wildman–Crippen LogP) is 1.15. The van der Waals surface area contributed by atoms with Crippen molar-refractivity contribution in [2.75, 3.05) is 18.0 Å². The highest BCUT2D eigenvalue weighted by molar-refractivity contribution is 5.80. The lowest BCUT2D eigenvalue weighted by molar-refractivity contribution is 0.493. The van der Waals surface area contributed by atoms with Crippen LogP contribution in [0, 0.1) is 11.3 Å². The number of nitrogens with zero attached hydrogens (tertiary/aromatic N) is 4. The quantitative estimate of drug-likeness (QED) is 0.627. The van der Waals surface area contributed by atoms with Gasteiger partial charge in [-0.05, 0) is 25.7 Å². The molecule has 0 aromatic carbocycles. The number of nitrogens with one attached hydrogen (secondary N) is 1. The van der Waals surface area contributed by atoms with Gasteiger partial charge in [-0.2, -0.15) is 5.10 Å². The number of nitrogens with two attached hydrogens (primary N) is 1. The number of hydrogen-bond donors (Lipinski definition) is 2. The van der Waals surface area contributed by atoms with Crippen molar-refractivity contribution in [3.63, 3.8) is 0 Å². The molecular formula is C13H22N6. The van der Waals surface area contributed by atoms with Crippen LogP contribution in [0.25, 0.3) is 0 Å². The third-order valence-corrected chi connectivity index (χ3v) is 3.64. The van der Waals surface area contributed by atoms with E-state index in [4.69, 9.17) is 11.1 Å². The molecule has 0 radical (unpaired) electrons. The highest BCUT2D eigenvalue weighted by Crippen LogP contribution is 2.20. The zero-order valence-corrected chi connectivity index (χ0v) is 11.7. The Hall–Kier alpha value is -1.72. The average molecular weight is 262 g/mol. The summed E-state index contributed by atoms with van der Waals surface area (Å²) in [5, 5.41) is 16.1. The standard InChI is InChI=1S/C13H22N6/c1-3-10-11(4-2)17-18-13(16-10)19-7-5-6-9(8-19)12(14)15/h9H,3-8H2,1-2H3,(H3,14,15). The van der Waals surface area contributed by atoms with E-state index in [2.05, 4.69) is 33.9 Å². The van der Waals surface area contributed by atoms with Gasteiger partial charge in [0.25, 0.3) is 0 Å². The van der Waals surface area contributed by atoms with Crippen LogP contribution in [-0.4, -0.2) is 34.1 Å². The Labute approximate surface area is 113 Å². The minimum Gasteiger partial charge on any atom is -0.387 e. The summed E-state index contributed by atoms with van der Waals surface area (Å²) >= 11 is 0. The van der Waals surface area contributed by atoms with Crippen molar-refractivity contribution in [2.24, 2.45) is 11.7 Å². The molecule has 6 nitrogen and oxygen atoms in total. The van der Waals surface area contributed by atoms with Gasteiger partial charge in [-0.3, -0.25) is 5.41 Å². The summed E-state index contributed by atoms with van der Waals surface area (Å²) in [4.78, 5) is 6.72. The van der Waals surface area contributed by atoms with Crippen LogP contribution in [0.1, 0.15) is 38.1 Å². The minimum atomic E-state index is 0.119. The monoisotopic (exact) mass is 262 g/mol. The van der Waals surface area contributed by atoms with E-state index in [-0.39, 0.29) is 11.8 Å². The van der Waals surface area contributed by atoms with E-state index in [0.717, 1.165) is 50.2 Å². The van der Waals surface area contributed by atoms with Crippen LogP contribution in [0.3, 0.4) is 0 Å². The second kappa shape index (κ2) is 5.95. The molecule has 6 heteroatoms. The average Bonchev–Trinajstić information content (AvgIpc) is 2.46. The van der Waals surface area contributed by atoms with Crippen molar-refractivity contribution >= 4 is 11.8 Å². The van der Waals surface area contributed by atoms with Crippen molar-refractivity contribution in [1.82, 2.24) is 15.2 Å². The molecule has 1 aliphatic heterocycles. The van der Waals surface area contributed by atoms with Crippen LogP contribution in [0.2, 0.25) is 0 Å². The van der Waals surface area contributed by atoms with Gasteiger partial charge in [-0.15, -0.1) is 5.10 Å². The first-order valence-electron chi connectivity index (χ1n) is 6.97. The molecule has 104 valence electrons. The van der Waals surface area contributed by atoms with Gasteiger partial charge in [0, 0.05) is 19.0 Å². The summed E-state index contributed by atoms with van der Waals surface area (Å²) in [5.41, 5.74) is 7.61. The van der Waals surface area contributed by atoms with E-state index in [1.54, 1.807) is 0 Å². The molecule has 1 saturated heterocycles. The van der Waals surface area contributed by atoms with Crippen LogP contribution in [0.15, 0.2) is 0 Å². The first-order chi connectivity index (χ1) is 9.15. The van der Waals surface area contributed by atoms with Gasteiger partial charge in [0.1, 0.15) is 0 Å². The highest BCUT2D eigenvalue weighted by atomic mass is 15.3. The molecular weight excluding hydrogens is 240 g/mol. The molecule has 0 spiro atoms. The Morgan fingerprint density at radius 1 is 1.32 bits per heavy atom. The van der Waals surface area contributed by atoms with Crippen molar-refractivity contribution in [3.8, 4) is 0 Å². The van der Waals surface area contributed by atoms with Crippen LogP contribution >= 0.6 is 0 Å². The third-order valence-electron chi connectivity index (χ3n) is 3.64. The van der Waals surface area contributed by atoms with E-state index in [1.165, 1.54) is 0 Å². The Bertz CT molecular complexity index is 458. The Morgan fingerprint density at radius 3 is 2.68 bits per heavy atom. The molecule has 1 aliphatic rings. The summed E-state index contributed by atoms with van der Waals surface area (Å²) in [6.07, 6.45) is 3.73. The number of aryl methyl sites for hydroxylation is 2. The fraction of sp³-hybridized carbons (Fsp3) is 0.692.